The molecule has 1 saturated heterocycles. The number of Topliss-reactive ketones (excluding diaryl/α,β-unsaturated/α-hetero) is 1. The van der Waals surface area contributed by atoms with Gasteiger partial charge in [0.1, 0.15) is 5.78 Å². The van der Waals surface area contributed by atoms with E-state index in [1.54, 1.807) is 0 Å². The van der Waals surface area contributed by atoms with E-state index in [1.165, 1.54) is 6.42 Å². The Kier molecular flexibility index (Phi) is 3.69. The number of ketones is 1. The van der Waals surface area contributed by atoms with Crippen LogP contribution in [0.2, 0.25) is 0 Å². The van der Waals surface area contributed by atoms with Gasteiger partial charge in [0.25, 0.3) is 0 Å². The molecule has 3 aliphatic carbocycles. The monoisotopic (exact) mass is 304 g/mol. The minimum Gasteiger partial charge on any atom is -0.347 e. The third-order valence-electron chi connectivity index (χ3n) is 6.73. The predicted molar refractivity (Wildman–Crippen MR) is 84.2 cm³/mol. The van der Waals surface area contributed by atoms with Crippen LogP contribution in [0, 0.1) is 35.5 Å². The highest BCUT2D eigenvalue weighted by Gasteiger charge is 2.58. The fourth-order valence-electron chi connectivity index (χ4n) is 5.80. The Bertz CT molecular complexity index is 475. The van der Waals surface area contributed by atoms with Crippen LogP contribution in [0.3, 0.4) is 0 Å². The van der Waals surface area contributed by atoms with Crippen LogP contribution in [0.1, 0.15) is 46.0 Å². The summed E-state index contributed by atoms with van der Waals surface area (Å²) in [5.74, 6) is 2.78. The minimum absolute atomic E-state index is 0.224. The van der Waals surface area contributed by atoms with Crippen molar-refractivity contribution in [2.24, 2.45) is 35.5 Å². The zero-order chi connectivity index (χ0) is 15.3. The molecule has 3 nitrogen and oxygen atoms in total. The molecule has 0 aromatic rings. The van der Waals surface area contributed by atoms with Crippen LogP contribution in [-0.2, 0) is 14.3 Å². The van der Waals surface area contributed by atoms with Crippen molar-refractivity contribution in [2.75, 3.05) is 13.2 Å². The molecule has 4 rings (SSSR count). The molecule has 0 N–H and O–H groups in total. The smallest absolute Gasteiger partial charge is 0.172 e. The van der Waals surface area contributed by atoms with E-state index >= 15 is 0 Å². The molecule has 0 radical (unpaired) electrons. The summed E-state index contributed by atoms with van der Waals surface area (Å²) in [7, 11) is 0. The number of fused-ring (bicyclic) bond motifs is 4. The molecule has 5 atom stereocenters. The number of hydrogen-bond acceptors (Lipinski definition) is 3. The van der Waals surface area contributed by atoms with E-state index in [4.69, 9.17) is 9.47 Å². The van der Waals surface area contributed by atoms with Gasteiger partial charge in [-0.2, -0.15) is 0 Å². The SMILES string of the molecule is CC(C)[C@@H]1CC[C@@H]2C(=O)C[C@H]3[C@H](C=CCCC34OCCO4)[C@@H]21. The van der Waals surface area contributed by atoms with Gasteiger partial charge in [-0.25, -0.2) is 0 Å². The molecule has 1 aliphatic heterocycles. The van der Waals surface area contributed by atoms with Gasteiger partial charge in [0, 0.05) is 24.7 Å². The van der Waals surface area contributed by atoms with Gasteiger partial charge in [-0.15, -0.1) is 0 Å². The molecule has 1 spiro atoms. The van der Waals surface area contributed by atoms with E-state index in [0.717, 1.165) is 19.3 Å². The molecular formula is C19H28O3. The molecule has 22 heavy (non-hydrogen) atoms. The summed E-state index contributed by atoms with van der Waals surface area (Å²) in [5, 5.41) is 0. The molecule has 3 fully saturated rings. The average Bonchev–Trinajstić information content (AvgIpc) is 3.08. The Hall–Kier alpha value is -0.670. The fourth-order valence-corrected chi connectivity index (χ4v) is 5.80. The molecule has 122 valence electrons. The van der Waals surface area contributed by atoms with Crippen molar-refractivity contribution in [1.29, 1.82) is 0 Å². The quantitative estimate of drug-likeness (QED) is 0.695. The van der Waals surface area contributed by atoms with Crippen molar-refractivity contribution >= 4 is 5.78 Å². The predicted octanol–water partition coefficient (Wildman–Crippen LogP) is 3.58. The minimum atomic E-state index is -0.487. The van der Waals surface area contributed by atoms with Crippen LogP contribution in [0.5, 0.6) is 0 Å². The number of rotatable bonds is 1. The van der Waals surface area contributed by atoms with Crippen LogP contribution >= 0.6 is 0 Å². The fraction of sp³-hybridized carbons (Fsp3) is 0.842. The number of allylic oxidation sites excluding steroid dienone is 2. The van der Waals surface area contributed by atoms with Crippen molar-refractivity contribution in [3.63, 3.8) is 0 Å². The lowest BCUT2D eigenvalue weighted by Gasteiger charge is -2.46. The Morgan fingerprint density at radius 1 is 1.23 bits per heavy atom. The van der Waals surface area contributed by atoms with Crippen molar-refractivity contribution in [1.82, 2.24) is 0 Å². The van der Waals surface area contributed by atoms with Crippen molar-refractivity contribution < 1.29 is 14.3 Å². The van der Waals surface area contributed by atoms with Gasteiger partial charge in [-0.05, 0) is 42.9 Å². The topological polar surface area (TPSA) is 35.5 Å². The van der Waals surface area contributed by atoms with Gasteiger partial charge in [0.15, 0.2) is 5.79 Å². The third kappa shape index (κ3) is 2.12. The first-order chi connectivity index (χ1) is 10.6. The van der Waals surface area contributed by atoms with E-state index in [2.05, 4.69) is 26.0 Å². The highest BCUT2D eigenvalue weighted by Crippen LogP contribution is 2.56. The van der Waals surface area contributed by atoms with Gasteiger partial charge < -0.3 is 9.47 Å². The summed E-state index contributed by atoms with van der Waals surface area (Å²) >= 11 is 0. The highest BCUT2D eigenvalue weighted by atomic mass is 16.7. The van der Waals surface area contributed by atoms with Crippen LogP contribution in [0.15, 0.2) is 12.2 Å². The van der Waals surface area contributed by atoms with Gasteiger partial charge in [0.05, 0.1) is 13.2 Å². The Morgan fingerprint density at radius 3 is 2.73 bits per heavy atom. The number of hydrogen-bond donors (Lipinski definition) is 0. The first kappa shape index (κ1) is 14.9. The van der Waals surface area contributed by atoms with Crippen LogP contribution in [0.25, 0.3) is 0 Å². The lowest BCUT2D eigenvalue weighted by Crippen LogP contribution is -2.51. The maximum absolute atomic E-state index is 12.8. The van der Waals surface area contributed by atoms with Gasteiger partial charge in [-0.1, -0.05) is 26.0 Å². The molecule has 0 amide bonds. The van der Waals surface area contributed by atoms with E-state index in [0.29, 0.717) is 49.1 Å². The average molecular weight is 304 g/mol. The van der Waals surface area contributed by atoms with Crippen LogP contribution < -0.4 is 0 Å². The summed E-state index contributed by atoms with van der Waals surface area (Å²) in [4.78, 5) is 12.8. The molecule has 3 heteroatoms. The first-order valence-electron chi connectivity index (χ1n) is 9.10. The van der Waals surface area contributed by atoms with Gasteiger partial charge >= 0.3 is 0 Å². The molecular weight excluding hydrogens is 276 g/mol. The molecule has 0 aromatic carbocycles. The second-order valence-corrected chi connectivity index (χ2v) is 8.00. The second kappa shape index (κ2) is 5.45. The van der Waals surface area contributed by atoms with Gasteiger partial charge in [-0.3, -0.25) is 4.79 Å². The summed E-state index contributed by atoms with van der Waals surface area (Å²) < 4.78 is 12.2. The molecule has 1 heterocycles. The lowest BCUT2D eigenvalue weighted by atomic mass is 9.61. The Balaban J connectivity index is 1.72. The molecule has 0 unspecified atom stereocenters. The van der Waals surface area contributed by atoms with Crippen LogP contribution in [-0.4, -0.2) is 24.8 Å². The first-order valence-corrected chi connectivity index (χ1v) is 9.10. The van der Waals surface area contributed by atoms with Crippen molar-refractivity contribution in [3.8, 4) is 0 Å². The standard InChI is InChI=1S/C19H28O3/c1-12(2)13-6-7-15-17(20)11-16-14(18(13)15)5-3-4-8-19(16)21-9-10-22-19/h3,5,12-16,18H,4,6-11H2,1-2H3/t13-,14-,15+,16-,18-/m0/s1. The van der Waals surface area contributed by atoms with E-state index in [-0.39, 0.29) is 11.8 Å². The summed E-state index contributed by atoms with van der Waals surface area (Å²) in [6.45, 7) is 6.00. The van der Waals surface area contributed by atoms with Crippen molar-refractivity contribution in [3.05, 3.63) is 12.2 Å². The van der Waals surface area contributed by atoms with E-state index in [1.807, 2.05) is 0 Å². The summed E-state index contributed by atoms with van der Waals surface area (Å²) in [5.41, 5.74) is 0. The zero-order valence-electron chi connectivity index (χ0n) is 13.8. The third-order valence-corrected chi connectivity index (χ3v) is 6.73. The van der Waals surface area contributed by atoms with Gasteiger partial charge in [0.2, 0.25) is 0 Å². The lowest BCUT2D eigenvalue weighted by molar-refractivity contribution is -0.219. The molecule has 4 aliphatic rings. The zero-order valence-corrected chi connectivity index (χ0v) is 13.8. The number of carbonyl (C=O) groups is 1. The Labute approximate surface area is 133 Å². The second-order valence-electron chi connectivity index (χ2n) is 8.00. The maximum atomic E-state index is 12.8. The van der Waals surface area contributed by atoms with Crippen molar-refractivity contribution in [2.45, 2.75) is 51.7 Å². The molecule has 2 saturated carbocycles. The van der Waals surface area contributed by atoms with Crippen LogP contribution in [0.4, 0.5) is 0 Å². The maximum Gasteiger partial charge on any atom is 0.172 e. The van der Waals surface area contributed by atoms with E-state index in [9.17, 15) is 4.79 Å². The number of carbonyl (C=O) groups excluding carboxylic acids is 1. The normalized spacial score (nSPS) is 43.4. The molecule has 0 bridgehead atoms. The highest BCUT2D eigenvalue weighted by molar-refractivity contribution is 5.83. The summed E-state index contributed by atoms with van der Waals surface area (Å²) in [6.07, 6.45) is 9.60. The summed E-state index contributed by atoms with van der Waals surface area (Å²) in [6, 6.07) is 0. The molecule has 0 aromatic heterocycles. The van der Waals surface area contributed by atoms with E-state index < -0.39 is 5.79 Å². The largest absolute Gasteiger partial charge is 0.347 e. The Morgan fingerprint density at radius 2 is 2.00 bits per heavy atom. The number of ether oxygens (including phenoxy) is 2.